The van der Waals surface area contributed by atoms with E-state index in [4.69, 9.17) is 9.47 Å². The third-order valence-corrected chi connectivity index (χ3v) is 2.54. The molecule has 1 aliphatic rings. The van der Waals surface area contributed by atoms with Crippen LogP contribution >= 0.6 is 0 Å². The van der Waals surface area contributed by atoms with Crippen LogP contribution in [0.2, 0.25) is 0 Å². The molecule has 1 amide bonds. The number of carbonyl (C=O) groups excluding carboxylic acids is 2. The van der Waals surface area contributed by atoms with Crippen LogP contribution in [0.3, 0.4) is 0 Å². The zero-order valence-electron chi connectivity index (χ0n) is 10.6. The van der Waals surface area contributed by atoms with E-state index in [1.807, 2.05) is 6.07 Å². The van der Waals surface area contributed by atoms with Crippen molar-refractivity contribution >= 4 is 11.9 Å². The molecule has 0 fully saturated rings. The molecule has 102 valence electrons. The van der Waals surface area contributed by atoms with Crippen molar-refractivity contribution in [3.63, 3.8) is 0 Å². The SMILES string of the molecule is CCOC(=O)CC(=O)NCc1ccc2c(c1)OCO2. The standard InChI is InChI=1S/C13H15NO5/c1-2-17-13(16)6-12(15)14-7-9-3-4-10-11(5-9)19-8-18-10/h3-5H,2,6-8H2,1H3,(H,14,15). The first kappa shape index (κ1) is 13.2. The van der Waals surface area contributed by atoms with Gasteiger partial charge in [-0.3, -0.25) is 9.59 Å². The number of nitrogens with one attached hydrogen (secondary N) is 1. The molecule has 2 rings (SSSR count). The fourth-order valence-corrected chi connectivity index (χ4v) is 1.66. The van der Waals surface area contributed by atoms with Gasteiger partial charge >= 0.3 is 5.97 Å². The average Bonchev–Trinajstić information content (AvgIpc) is 2.83. The lowest BCUT2D eigenvalue weighted by molar-refractivity contribution is -0.146. The zero-order valence-corrected chi connectivity index (χ0v) is 10.6. The van der Waals surface area contributed by atoms with Crippen LogP contribution in [-0.2, 0) is 20.9 Å². The lowest BCUT2D eigenvalue weighted by Gasteiger charge is -2.06. The van der Waals surface area contributed by atoms with Gasteiger partial charge in [-0.05, 0) is 24.6 Å². The summed E-state index contributed by atoms with van der Waals surface area (Å²) < 4.78 is 15.1. The summed E-state index contributed by atoms with van der Waals surface area (Å²) in [4.78, 5) is 22.6. The van der Waals surface area contributed by atoms with Crippen LogP contribution in [0, 0.1) is 0 Å². The van der Waals surface area contributed by atoms with Gasteiger partial charge in [0.2, 0.25) is 12.7 Å². The first-order valence-electron chi connectivity index (χ1n) is 6.00. The van der Waals surface area contributed by atoms with Crippen LogP contribution in [0.15, 0.2) is 18.2 Å². The molecule has 1 aromatic carbocycles. The molecular weight excluding hydrogens is 250 g/mol. The maximum atomic E-state index is 11.5. The van der Waals surface area contributed by atoms with Gasteiger partial charge in [0.1, 0.15) is 6.42 Å². The molecule has 0 spiro atoms. The summed E-state index contributed by atoms with van der Waals surface area (Å²) in [6, 6.07) is 5.42. The summed E-state index contributed by atoms with van der Waals surface area (Å²) in [5.41, 5.74) is 0.876. The highest BCUT2D eigenvalue weighted by Crippen LogP contribution is 2.32. The number of hydrogen-bond donors (Lipinski definition) is 1. The molecule has 0 radical (unpaired) electrons. The topological polar surface area (TPSA) is 73.9 Å². The summed E-state index contributed by atoms with van der Waals surface area (Å²) in [5, 5.41) is 2.64. The van der Waals surface area contributed by atoms with Crippen LogP contribution in [-0.4, -0.2) is 25.3 Å². The Morgan fingerprint density at radius 2 is 2.11 bits per heavy atom. The van der Waals surface area contributed by atoms with Crippen molar-refractivity contribution in [2.24, 2.45) is 0 Å². The average molecular weight is 265 g/mol. The Balaban J connectivity index is 1.82. The van der Waals surface area contributed by atoms with E-state index in [9.17, 15) is 9.59 Å². The molecule has 0 saturated carbocycles. The Morgan fingerprint density at radius 1 is 1.32 bits per heavy atom. The van der Waals surface area contributed by atoms with Gasteiger partial charge in [0.05, 0.1) is 6.61 Å². The van der Waals surface area contributed by atoms with E-state index in [1.165, 1.54) is 0 Å². The van der Waals surface area contributed by atoms with Crippen molar-refractivity contribution in [3.8, 4) is 11.5 Å². The maximum Gasteiger partial charge on any atom is 0.315 e. The minimum atomic E-state index is -0.523. The second-order valence-corrected chi connectivity index (χ2v) is 3.95. The van der Waals surface area contributed by atoms with E-state index in [0.717, 1.165) is 5.56 Å². The smallest absolute Gasteiger partial charge is 0.315 e. The van der Waals surface area contributed by atoms with Crippen molar-refractivity contribution in [1.29, 1.82) is 0 Å². The Morgan fingerprint density at radius 3 is 2.89 bits per heavy atom. The summed E-state index contributed by atoms with van der Waals surface area (Å²) in [6.45, 7) is 2.51. The van der Waals surface area contributed by atoms with E-state index in [2.05, 4.69) is 10.1 Å². The molecule has 0 bridgehead atoms. The molecule has 0 saturated heterocycles. The summed E-state index contributed by atoms with van der Waals surface area (Å²) in [7, 11) is 0. The van der Waals surface area contributed by atoms with Crippen LogP contribution in [0.25, 0.3) is 0 Å². The number of ether oxygens (including phenoxy) is 3. The highest BCUT2D eigenvalue weighted by atomic mass is 16.7. The Kier molecular flexibility index (Phi) is 4.22. The van der Waals surface area contributed by atoms with Crippen molar-refractivity contribution in [2.45, 2.75) is 19.9 Å². The lowest BCUT2D eigenvalue weighted by atomic mass is 10.2. The first-order chi connectivity index (χ1) is 9.19. The highest BCUT2D eigenvalue weighted by Gasteiger charge is 2.14. The third-order valence-electron chi connectivity index (χ3n) is 2.54. The van der Waals surface area contributed by atoms with Crippen LogP contribution in [0.5, 0.6) is 11.5 Å². The van der Waals surface area contributed by atoms with E-state index in [-0.39, 0.29) is 25.7 Å². The quantitative estimate of drug-likeness (QED) is 0.634. The van der Waals surface area contributed by atoms with Crippen LogP contribution < -0.4 is 14.8 Å². The van der Waals surface area contributed by atoms with Crippen LogP contribution in [0.1, 0.15) is 18.9 Å². The number of benzene rings is 1. The summed E-state index contributed by atoms with van der Waals surface area (Å²) >= 11 is 0. The number of hydrogen-bond acceptors (Lipinski definition) is 5. The maximum absolute atomic E-state index is 11.5. The molecule has 1 N–H and O–H groups in total. The van der Waals surface area contributed by atoms with Crippen LogP contribution in [0.4, 0.5) is 0 Å². The summed E-state index contributed by atoms with van der Waals surface area (Å²) in [6.07, 6.45) is -0.265. The van der Waals surface area contributed by atoms with Gasteiger partial charge in [0.25, 0.3) is 0 Å². The predicted molar refractivity (Wildman–Crippen MR) is 65.7 cm³/mol. The Hall–Kier alpha value is -2.24. The monoisotopic (exact) mass is 265 g/mol. The molecule has 1 aromatic rings. The van der Waals surface area contributed by atoms with E-state index in [1.54, 1.807) is 19.1 Å². The molecule has 1 aliphatic heterocycles. The Bertz CT molecular complexity index is 486. The minimum Gasteiger partial charge on any atom is -0.466 e. The number of carbonyl (C=O) groups is 2. The molecule has 1 heterocycles. The molecule has 0 atom stereocenters. The summed E-state index contributed by atoms with van der Waals surface area (Å²) in [5.74, 6) is 0.473. The number of rotatable bonds is 5. The predicted octanol–water partition coefficient (Wildman–Crippen LogP) is 0.985. The number of amides is 1. The third kappa shape index (κ3) is 3.61. The molecule has 0 aliphatic carbocycles. The number of fused-ring (bicyclic) bond motifs is 1. The second-order valence-electron chi connectivity index (χ2n) is 3.95. The van der Waals surface area contributed by atoms with E-state index in [0.29, 0.717) is 18.0 Å². The highest BCUT2D eigenvalue weighted by molar-refractivity contribution is 5.94. The molecule has 0 unspecified atom stereocenters. The lowest BCUT2D eigenvalue weighted by Crippen LogP contribution is -2.26. The van der Waals surface area contributed by atoms with Gasteiger partial charge < -0.3 is 19.5 Å². The van der Waals surface area contributed by atoms with Gasteiger partial charge in [0, 0.05) is 6.54 Å². The molecule has 0 aromatic heterocycles. The van der Waals surface area contributed by atoms with Gasteiger partial charge in [-0.25, -0.2) is 0 Å². The number of esters is 1. The molecule has 19 heavy (non-hydrogen) atoms. The zero-order chi connectivity index (χ0) is 13.7. The normalized spacial score (nSPS) is 12.1. The van der Waals surface area contributed by atoms with Crippen molar-refractivity contribution in [3.05, 3.63) is 23.8 Å². The van der Waals surface area contributed by atoms with E-state index < -0.39 is 5.97 Å². The first-order valence-corrected chi connectivity index (χ1v) is 6.00. The van der Waals surface area contributed by atoms with Crippen molar-refractivity contribution in [1.82, 2.24) is 5.32 Å². The minimum absolute atomic E-state index is 0.216. The van der Waals surface area contributed by atoms with Gasteiger partial charge in [-0.2, -0.15) is 0 Å². The van der Waals surface area contributed by atoms with E-state index >= 15 is 0 Å². The second kappa shape index (κ2) is 6.08. The van der Waals surface area contributed by atoms with Gasteiger partial charge in [-0.1, -0.05) is 6.07 Å². The van der Waals surface area contributed by atoms with Crippen molar-refractivity contribution < 1.29 is 23.8 Å². The largest absolute Gasteiger partial charge is 0.466 e. The molecular formula is C13H15NO5. The van der Waals surface area contributed by atoms with Gasteiger partial charge in [0.15, 0.2) is 11.5 Å². The fourth-order valence-electron chi connectivity index (χ4n) is 1.66. The van der Waals surface area contributed by atoms with Crippen molar-refractivity contribution in [2.75, 3.05) is 13.4 Å². The Labute approximate surface area is 110 Å². The fraction of sp³-hybridized carbons (Fsp3) is 0.385. The molecule has 6 heteroatoms. The van der Waals surface area contributed by atoms with Gasteiger partial charge in [-0.15, -0.1) is 0 Å². The molecule has 6 nitrogen and oxygen atoms in total.